The normalized spacial score (nSPS) is 20.8. The maximum Gasteiger partial charge on any atom is 0.243 e. The number of nitrogens with zero attached hydrogens (tertiary/aromatic N) is 1. The molecule has 29 heavy (non-hydrogen) atoms. The molecule has 1 saturated heterocycles. The largest absolute Gasteiger partial charge is 0.497 e. The number of amides is 3. The van der Waals surface area contributed by atoms with Crippen molar-refractivity contribution in [3.8, 4) is 5.75 Å². The average molecular weight is 402 g/mol. The molecule has 0 radical (unpaired) electrons. The molecular weight excluding hydrogens is 370 g/mol. The van der Waals surface area contributed by atoms with Crippen LogP contribution in [-0.4, -0.2) is 43.5 Å². The molecule has 2 N–H and O–H groups in total. The van der Waals surface area contributed by atoms with Gasteiger partial charge in [-0.2, -0.15) is 0 Å². The number of nitrogens with one attached hydrogen (secondary N) is 2. The summed E-state index contributed by atoms with van der Waals surface area (Å²) in [5.74, 6) is -0.249. The van der Waals surface area contributed by atoms with Gasteiger partial charge in [-0.1, -0.05) is 26.7 Å². The first-order chi connectivity index (χ1) is 13.9. The summed E-state index contributed by atoms with van der Waals surface area (Å²) in [7, 11) is 1.59. The second-order valence-electron chi connectivity index (χ2n) is 8.32. The van der Waals surface area contributed by atoms with Gasteiger partial charge in [0.1, 0.15) is 11.8 Å². The van der Waals surface area contributed by atoms with Gasteiger partial charge in [-0.25, -0.2) is 0 Å². The van der Waals surface area contributed by atoms with Gasteiger partial charge in [0.15, 0.2) is 0 Å². The van der Waals surface area contributed by atoms with Gasteiger partial charge in [-0.3, -0.25) is 14.4 Å². The Kier molecular flexibility index (Phi) is 6.77. The molecule has 158 valence electrons. The van der Waals surface area contributed by atoms with Crippen molar-refractivity contribution < 1.29 is 19.1 Å². The third kappa shape index (κ3) is 5.08. The minimum atomic E-state index is -0.590. The second kappa shape index (κ2) is 9.29. The Bertz CT molecular complexity index is 741. The van der Waals surface area contributed by atoms with E-state index in [1.165, 1.54) is 0 Å². The highest BCUT2D eigenvalue weighted by molar-refractivity contribution is 6.01. The maximum atomic E-state index is 12.8. The number of carbonyl (C=O) groups is 3. The van der Waals surface area contributed by atoms with E-state index in [-0.39, 0.29) is 36.1 Å². The van der Waals surface area contributed by atoms with Gasteiger partial charge in [0.2, 0.25) is 17.7 Å². The number of methoxy groups -OCH3 is 1. The van der Waals surface area contributed by atoms with E-state index < -0.39 is 12.0 Å². The number of hydrogen-bond donors (Lipinski definition) is 2. The van der Waals surface area contributed by atoms with E-state index in [9.17, 15) is 14.4 Å². The maximum absolute atomic E-state index is 12.8. The summed E-state index contributed by atoms with van der Waals surface area (Å²) in [6.07, 6.45) is 4.41. The van der Waals surface area contributed by atoms with Crippen LogP contribution in [0.25, 0.3) is 0 Å². The van der Waals surface area contributed by atoms with Gasteiger partial charge in [-0.05, 0) is 43.0 Å². The molecule has 7 heteroatoms. The molecule has 2 atom stereocenters. The van der Waals surface area contributed by atoms with Crippen molar-refractivity contribution in [2.45, 2.75) is 58.0 Å². The lowest BCUT2D eigenvalue weighted by Gasteiger charge is -2.25. The number of anilines is 1. The van der Waals surface area contributed by atoms with Crippen LogP contribution in [0.3, 0.4) is 0 Å². The molecule has 0 aromatic heterocycles. The van der Waals surface area contributed by atoms with Gasteiger partial charge >= 0.3 is 0 Å². The zero-order valence-electron chi connectivity index (χ0n) is 17.4. The van der Waals surface area contributed by atoms with Gasteiger partial charge in [-0.15, -0.1) is 0 Å². The lowest BCUT2D eigenvalue weighted by molar-refractivity contribution is -0.132. The number of benzene rings is 1. The highest BCUT2D eigenvalue weighted by atomic mass is 16.5. The Balaban J connectivity index is 1.61. The van der Waals surface area contributed by atoms with Crippen LogP contribution in [0.4, 0.5) is 5.69 Å². The van der Waals surface area contributed by atoms with Crippen LogP contribution in [0.5, 0.6) is 5.75 Å². The summed E-state index contributed by atoms with van der Waals surface area (Å²) in [5, 5.41) is 5.96. The summed E-state index contributed by atoms with van der Waals surface area (Å²) in [4.78, 5) is 39.6. The number of ether oxygens (including phenoxy) is 1. The molecule has 1 aromatic carbocycles. The predicted octanol–water partition coefficient (Wildman–Crippen LogP) is 2.25. The molecule has 1 unspecified atom stereocenters. The number of carbonyl (C=O) groups excluding carboxylic acids is 3. The van der Waals surface area contributed by atoms with Crippen LogP contribution in [-0.2, 0) is 14.4 Å². The van der Waals surface area contributed by atoms with Crippen molar-refractivity contribution in [3.05, 3.63) is 24.3 Å². The molecule has 7 nitrogen and oxygen atoms in total. The molecule has 1 aliphatic heterocycles. The number of hydrogen-bond acceptors (Lipinski definition) is 4. The van der Waals surface area contributed by atoms with E-state index in [0.717, 1.165) is 31.4 Å². The van der Waals surface area contributed by atoms with Gasteiger partial charge in [0, 0.05) is 24.7 Å². The third-order valence-electron chi connectivity index (χ3n) is 5.83. The summed E-state index contributed by atoms with van der Waals surface area (Å²) >= 11 is 0. The van der Waals surface area contributed by atoms with Crippen molar-refractivity contribution in [1.29, 1.82) is 0 Å². The fraction of sp³-hybridized carbons (Fsp3) is 0.591. The summed E-state index contributed by atoms with van der Waals surface area (Å²) < 4.78 is 5.15. The van der Waals surface area contributed by atoms with Gasteiger partial charge < -0.3 is 20.3 Å². The van der Waals surface area contributed by atoms with E-state index in [2.05, 4.69) is 10.6 Å². The Hall–Kier alpha value is -2.57. The fourth-order valence-electron chi connectivity index (χ4n) is 4.06. The molecule has 3 rings (SSSR count). The topological polar surface area (TPSA) is 87.7 Å². The van der Waals surface area contributed by atoms with Crippen molar-refractivity contribution >= 4 is 23.4 Å². The number of rotatable bonds is 7. The lowest BCUT2D eigenvalue weighted by atomic mass is 10.0. The summed E-state index contributed by atoms with van der Waals surface area (Å²) in [6, 6.07) is 6.81. The molecule has 2 fully saturated rings. The van der Waals surface area contributed by atoms with Gasteiger partial charge in [0.25, 0.3) is 0 Å². The minimum absolute atomic E-state index is 0.0323. The van der Waals surface area contributed by atoms with E-state index >= 15 is 0 Å². The Labute approximate surface area is 172 Å². The van der Waals surface area contributed by atoms with Crippen LogP contribution in [0.15, 0.2) is 24.3 Å². The summed E-state index contributed by atoms with van der Waals surface area (Å²) in [5.41, 5.74) is 0.741. The SMILES string of the molecule is COc1ccc(N2CC(C(=O)N[C@@H](C(=O)NC3CCCC3)C(C)C)CC2=O)cc1. The molecule has 1 heterocycles. The summed E-state index contributed by atoms with van der Waals surface area (Å²) in [6.45, 7) is 4.15. The highest BCUT2D eigenvalue weighted by Gasteiger charge is 2.37. The van der Waals surface area contributed by atoms with Crippen LogP contribution in [0, 0.1) is 11.8 Å². The fourth-order valence-corrected chi connectivity index (χ4v) is 4.06. The molecular formula is C22H31N3O4. The molecule has 1 aromatic rings. The zero-order valence-corrected chi connectivity index (χ0v) is 17.4. The van der Waals surface area contributed by atoms with Crippen molar-refractivity contribution in [3.63, 3.8) is 0 Å². The first-order valence-electron chi connectivity index (χ1n) is 10.4. The highest BCUT2D eigenvalue weighted by Crippen LogP contribution is 2.27. The van der Waals surface area contributed by atoms with Crippen LogP contribution >= 0.6 is 0 Å². The van der Waals surface area contributed by atoms with Crippen LogP contribution < -0.4 is 20.3 Å². The Morgan fingerprint density at radius 3 is 2.38 bits per heavy atom. The average Bonchev–Trinajstić information content (AvgIpc) is 3.35. The minimum Gasteiger partial charge on any atom is -0.497 e. The molecule has 1 saturated carbocycles. The standard InChI is InChI=1S/C22H31N3O4/c1-14(2)20(22(28)23-16-6-4-5-7-16)24-21(27)15-12-19(26)25(13-15)17-8-10-18(29-3)11-9-17/h8-11,14-16,20H,4-7,12-13H2,1-3H3,(H,23,28)(H,24,27)/t15?,20-/m1/s1. The smallest absolute Gasteiger partial charge is 0.243 e. The quantitative estimate of drug-likeness (QED) is 0.734. The Morgan fingerprint density at radius 1 is 1.14 bits per heavy atom. The van der Waals surface area contributed by atoms with Gasteiger partial charge in [0.05, 0.1) is 13.0 Å². The second-order valence-corrected chi connectivity index (χ2v) is 8.32. The molecule has 1 aliphatic carbocycles. The monoisotopic (exact) mass is 401 g/mol. The van der Waals surface area contributed by atoms with E-state index in [1.54, 1.807) is 24.1 Å². The van der Waals surface area contributed by atoms with E-state index in [0.29, 0.717) is 12.3 Å². The van der Waals surface area contributed by atoms with Crippen molar-refractivity contribution in [2.75, 3.05) is 18.6 Å². The van der Waals surface area contributed by atoms with Crippen molar-refractivity contribution in [2.24, 2.45) is 11.8 Å². The lowest BCUT2D eigenvalue weighted by Crippen LogP contribution is -2.53. The predicted molar refractivity (Wildman–Crippen MR) is 111 cm³/mol. The van der Waals surface area contributed by atoms with E-state index in [1.807, 2.05) is 26.0 Å². The molecule has 0 spiro atoms. The van der Waals surface area contributed by atoms with Crippen LogP contribution in [0.2, 0.25) is 0 Å². The first-order valence-corrected chi connectivity index (χ1v) is 10.4. The third-order valence-corrected chi connectivity index (χ3v) is 5.83. The Morgan fingerprint density at radius 2 is 1.79 bits per heavy atom. The zero-order chi connectivity index (χ0) is 21.0. The van der Waals surface area contributed by atoms with Crippen molar-refractivity contribution in [1.82, 2.24) is 10.6 Å². The van der Waals surface area contributed by atoms with E-state index in [4.69, 9.17) is 4.74 Å². The van der Waals surface area contributed by atoms with Crippen LogP contribution in [0.1, 0.15) is 46.0 Å². The molecule has 0 bridgehead atoms. The first kappa shape index (κ1) is 21.1. The molecule has 2 aliphatic rings. The molecule has 3 amide bonds.